The quantitative estimate of drug-likeness (QED) is 0.658. The fourth-order valence-corrected chi connectivity index (χ4v) is 3.79. The minimum Gasteiger partial charge on any atom is -0.356 e. The van der Waals surface area contributed by atoms with E-state index in [-0.39, 0.29) is 17.4 Å². The van der Waals surface area contributed by atoms with Crippen LogP contribution in [0.2, 0.25) is 0 Å². The summed E-state index contributed by atoms with van der Waals surface area (Å²) in [5.74, 6) is 0.139. The van der Waals surface area contributed by atoms with Crippen molar-refractivity contribution in [2.75, 3.05) is 6.54 Å². The van der Waals surface area contributed by atoms with Crippen LogP contribution < -0.4 is 10.6 Å². The normalized spacial score (nSPS) is 18.7. The number of benzene rings is 1. The fourth-order valence-electron chi connectivity index (χ4n) is 3.79. The largest absolute Gasteiger partial charge is 0.356 e. The number of pyridine rings is 1. The van der Waals surface area contributed by atoms with Gasteiger partial charge in [-0.1, -0.05) is 35.9 Å². The van der Waals surface area contributed by atoms with Crippen LogP contribution in [0.3, 0.4) is 0 Å². The van der Waals surface area contributed by atoms with Crippen molar-refractivity contribution in [3.05, 3.63) is 65.5 Å². The third-order valence-corrected chi connectivity index (χ3v) is 5.42. The number of hydrogen-bond donors (Lipinski definition) is 2. The van der Waals surface area contributed by atoms with E-state index >= 15 is 0 Å². The zero-order valence-corrected chi connectivity index (χ0v) is 16.5. The number of hydrogen-bond acceptors (Lipinski definition) is 3. The summed E-state index contributed by atoms with van der Waals surface area (Å²) < 4.78 is 0. The summed E-state index contributed by atoms with van der Waals surface area (Å²) >= 11 is 0. The highest BCUT2D eigenvalue weighted by atomic mass is 16.2. The molecule has 1 atom stereocenters. The summed E-state index contributed by atoms with van der Waals surface area (Å²) in [5.41, 5.74) is 3.30. The van der Waals surface area contributed by atoms with Crippen molar-refractivity contribution in [1.82, 2.24) is 15.6 Å². The van der Waals surface area contributed by atoms with Gasteiger partial charge in [0.15, 0.2) is 0 Å². The number of carbonyl (C=O) groups excluding carboxylic acids is 2. The second-order valence-electron chi connectivity index (χ2n) is 7.81. The van der Waals surface area contributed by atoms with Gasteiger partial charge >= 0.3 is 0 Å². The molecule has 2 aromatic rings. The third kappa shape index (κ3) is 5.91. The van der Waals surface area contributed by atoms with Crippen molar-refractivity contribution in [3.8, 4) is 0 Å². The van der Waals surface area contributed by atoms with Crippen LogP contribution in [0.15, 0.2) is 48.8 Å². The second kappa shape index (κ2) is 9.49. The maximum atomic E-state index is 12.3. The number of nitrogens with one attached hydrogen (secondary N) is 2. The topological polar surface area (TPSA) is 71.1 Å². The summed E-state index contributed by atoms with van der Waals surface area (Å²) in [4.78, 5) is 28.3. The van der Waals surface area contributed by atoms with Crippen LogP contribution in [-0.4, -0.2) is 28.9 Å². The Kier molecular flexibility index (Phi) is 6.80. The molecule has 1 unspecified atom stereocenters. The highest BCUT2D eigenvalue weighted by Gasteiger charge is 2.37. The maximum absolute atomic E-state index is 12.3. The van der Waals surface area contributed by atoms with Crippen molar-refractivity contribution in [2.24, 2.45) is 0 Å². The Hall–Kier alpha value is -2.69. The van der Waals surface area contributed by atoms with Crippen LogP contribution in [0.25, 0.3) is 0 Å². The SMILES string of the molecule is Cc1ccc(CC2(CCC(=O)NCCCc3cccnc3)CCC(=O)N2)cc1. The van der Waals surface area contributed by atoms with E-state index in [9.17, 15) is 9.59 Å². The van der Waals surface area contributed by atoms with Gasteiger partial charge in [-0.15, -0.1) is 0 Å². The lowest BCUT2D eigenvalue weighted by Gasteiger charge is -2.29. The van der Waals surface area contributed by atoms with E-state index in [2.05, 4.69) is 46.8 Å². The van der Waals surface area contributed by atoms with E-state index in [0.717, 1.165) is 25.7 Å². The average molecular weight is 380 g/mol. The lowest BCUT2D eigenvalue weighted by Crippen LogP contribution is -2.44. The molecule has 28 heavy (non-hydrogen) atoms. The van der Waals surface area contributed by atoms with Gasteiger partial charge in [-0.2, -0.15) is 0 Å². The van der Waals surface area contributed by atoms with E-state index in [0.29, 0.717) is 25.8 Å². The van der Waals surface area contributed by atoms with Gasteiger partial charge in [0.2, 0.25) is 11.8 Å². The summed E-state index contributed by atoms with van der Waals surface area (Å²) in [7, 11) is 0. The lowest BCUT2D eigenvalue weighted by molar-refractivity contribution is -0.122. The van der Waals surface area contributed by atoms with E-state index < -0.39 is 0 Å². The third-order valence-electron chi connectivity index (χ3n) is 5.42. The van der Waals surface area contributed by atoms with E-state index in [1.807, 2.05) is 18.3 Å². The fraction of sp³-hybridized carbons (Fsp3) is 0.435. The predicted octanol–water partition coefficient (Wildman–Crippen LogP) is 3.11. The van der Waals surface area contributed by atoms with E-state index in [4.69, 9.17) is 0 Å². The highest BCUT2D eigenvalue weighted by Crippen LogP contribution is 2.29. The number of aryl methyl sites for hydroxylation is 2. The highest BCUT2D eigenvalue weighted by molar-refractivity contribution is 5.80. The maximum Gasteiger partial charge on any atom is 0.220 e. The molecule has 2 N–H and O–H groups in total. The second-order valence-corrected chi connectivity index (χ2v) is 7.81. The molecule has 1 aromatic heterocycles. The van der Waals surface area contributed by atoms with Gasteiger partial charge in [0.1, 0.15) is 0 Å². The Balaban J connectivity index is 1.46. The molecule has 1 fully saturated rings. The Morgan fingerprint density at radius 1 is 1.21 bits per heavy atom. The van der Waals surface area contributed by atoms with E-state index in [1.54, 1.807) is 6.20 Å². The molecule has 3 rings (SSSR count). The Morgan fingerprint density at radius 2 is 2.04 bits per heavy atom. The van der Waals surface area contributed by atoms with Gasteiger partial charge in [0.25, 0.3) is 0 Å². The van der Waals surface area contributed by atoms with Gasteiger partial charge in [0, 0.05) is 37.3 Å². The Bertz CT molecular complexity index is 789. The molecule has 5 heteroatoms. The molecule has 0 spiro atoms. The summed E-state index contributed by atoms with van der Waals surface area (Å²) in [6.07, 6.45) is 8.61. The van der Waals surface area contributed by atoms with Gasteiger partial charge in [-0.3, -0.25) is 14.6 Å². The zero-order chi connectivity index (χ0) is 19.8. The Labute approximate surface area is 167 Å². The monoisotopic (exact) mass is 379 g/mol. The number of amides is 2. The molecule has 0 bridgehead atoms. The van der Waals surface area contributed by atoms with Crippen molar-refractivity contribution >= 4 is 11.8 Å². The minimum atomic E-state index is -0.306. The van der Waals surface area contributed by atoms with Gasteiger partial charge in [-0.05, 0) is 56.2 Å². The van der Waals surface area contributed by atoms with E-state index in [1.165, 1.54) is 16.7 Å². The predicted molar refractivity (Wildman–Crippen MR) is 110 cm³/mol. The first-order valence-electron chi connectivity index (χ1n) is 10.1. The molecule has 2 heterocycles. The van der Waals surface area contributed by atoms with Crippen LogP contribution in [0.5, 0.6) is 0 Å². The minimum absolute atomic E-state index is 0.0515. The molecule has 1 aromatic carbocycles. The summed E-state index contributed by atoms with van der Waals surface area (Å²) in [5, 5.41) is 6.15. The molecular formula is C23H29N3O2. The first-order chi connectivity index (χ1) is 13.5. The van der Waals surface area contributed by atoms with Crippen LogP contribution >= 0.6 is 0 Å². The molecule has 0 radical (unpaired) electrons. The molecule has 0 saturated carbocycles. The van der Waals surface area contributed by atoms with Crippen LogP contribution in [0.4, 0.5) is 0 Å². The molecule has 1 saturated heterocycles. The molecule has 0 aliphatic carbocycles. The number of aromatic nitrogens is 1. The van der Waals surface area contributed by atoms with Gasteiger partial charge < -0.3 is 10.6 Å². The van der Waals surface area contributed by atoms with Gasteiger partial charge in [-0.25, -0.2) is 0 Å². The molecular weight excluding hydrogens is 350 g/mol. The van der Waals surface area contributed by atoms with Crippen molar-refractivity contribution in [3.63, 3.8) is 0 Å². The zero-order valence-electron chi connectivity index (χ0n) is 16.5. The number of rotatable bonds is 9. The van der Waals surface area contributed by atoms with Crippen LogP contribution in [-0.2, 0) is 22.4 Å². The molecule has 1 aliphatic heterocycles. The first kappa shape index (κ1) is 20.1. The van der Waals surface area contributed by atoms with Crippen LogP contribution in [0.1, 0.15) is 48.8 Å². The smallest absolute Gasteiger partial charge is 0.220 e. The summed E-state index contributed by atoms with van der Waals surface area (Å²) in [6, 6.07) is 12.4. The number of carbonyl (C=O) groups is 2. The van der Waals surface area contributed by atoms with Crippen molar-refractivity contribution in [2.45, 2.75) is 57.4 Å². The Morgan fingerprint density at radius 3 is 2.71 bits per heavy atom. The average Bonchev–Trinajstić information content (AvgIpc) is 3.07. The number of nitrogens with zero attached hydrogens (tertiary/aromatic N) is 1. The first-order valence-corrected chi connectivity index (χ1v) is 10.1. The van der Waals surface area contributed by atoms with Crippen molar-refractivity contribution in [1.29, 1.82) is 0 Å². The molecule has 5 nitrogen and oxygen atoms in total. The standard InChI is InChI=1S/C23H29N3O2/c1-18-6-8-19(9-7-18)16-23(13-11-22(28)26-23)12-10-21(27)25-15-3-5-20-4-2-14-24-17-20/h2,4,6-9,14,17H,3,5,10-13,15-16H2,1H3,(H,25,27)(H,26,28). The molecule has 1 aliphatic rings. The summed E-state index contributed by atoms with van der Waals surface area (Å²) in [6.45, 7) is 2.72. The van der Waals surface area contributed by atoms with Crippen molar-refractivity contribution < 1.29 is 9.59 Å². The van der Waals surface area contributed by atoms with Crippen LogP contribution in [0, 0.1) is 6.92 Å². The molecule has 2 amide bonds. The van der Waals surface area contributed by atoms with Gasteiger partial charge in [0.05, 0.1) is 0 Å². The molecule has 148 valence electrons. The lowest BCUT2D eigenvalue weighted by atomic mass is 9.84.